The third-order valence-electron chi connectivity index (χ3n) is 3.08. The molecule has 1 aromatic heterocycles. The van der Waals surface area contributed by atoms with Gasteiger partial charge in [0.25, 0.3) is 5.91 Å². The summed E-state index contributed by atoms with van der Waals surface area (Å²) in [7, 11) is 0. The van der Waals surface area contributed by atoms with E-state index in [1.807, 2.05) is 18.2 Å². The minimum Gasteiger partial charge on any atom is -0.482 e. The summed E-state index contributed by atoms with van der Waals surface area (Å²) < 4.78 is 8.05. The van der Waals surface area contributed by atoms with Gasteiger partial charge in [0.05, 0.1) is 12.2 Å². The van der Waals surface area contributed by atoms with Crippen LogP contribution in [0.5, 0.6) is 5.75 Å². The smallest absolute Gasteiger partial charge is 0.265 e. The van der Waals surface area contributed by atoms with Crippen LogP contribution in [-0.4, -0.2) is 28.8 Å². The molecule has 3 rings (SSSR count). The van der Waals surface area contributed by atoms with Gasteiger partial charge in [-0.15, -0.1) is 0 Å². The summed E-state index contributed by atoms with van der Waals surface area (Å²) >= 11 is 3.41. The molecule has 20 heavy (non-hydrogen) atoms. The Balaban J connectivity index is 1.82. The largest absolute Gasteiger partial charge is 0.482 e. The predicted octanol–water partition coefficient (Wildman–Crippen LogP) is 1.65. The van der Waals surface area contributed by atoms with E-state index in [1.165, 1.54) is 0 Å². The first kappa shape index (κ1) is 13.0. The summed E-state index contributed by atoms with van der Waals surface area (Å²) in [6.07, 6.45) is 1.79. The second-order valence-electron chi connectivity index (χ2n) is 4.45. The molecule has 0 atom stereocenters. The van der Waals surface area contributed by atoms with Crippen molar-refractivity contribution < 1.29 is 9.53 Å². The molecule has 2 aromatic rings. The molecule has 1 aromatic carbocycles. The Morgan fingerprint density at radius 3 is 2.95 bits per heavy atom. The van der Waals surface area contributed by atoms with Crippen LogP contribution in [-0.2, 0) is 11.3 Å². The van der Waals surface area contributed by atoms with Crippen molar-refractivity contribution in [1.29, 1.82) is 0 Å². The van der Waals surface area contributed by atoms with Crippen molar-refractivity contribution in [2.45, 2.75) is 6.54 Å². The highest BCUT2D eigenvalue weighted by Crippen LogP contribution is 2.34. The van der Waals surface area contributed by atoms with Crippen molar-refractivity contribution in [1.82, 2.24) is 9.78 Å². The van der Waals surface area contributed by atoms with Gasteiger partial charge in [-0.1, -0.05) is 15.9 Å². The van der Waals surface area contributed by atoms with Crippen molar-refractivity contribution in [3.63, 3.8) is 0 Å². The zero-order valence-electron chi connectivity index (χ0n) is 10.6. The summed E-state index contributed by atoms with van der Waals surface area (Å²) in [4.78, 5) is 13.7. The van der Waals surface area contributed by atoms with Gasteiger partial charge < -0.3 is 15.4 Å². The van der Waals surface area contributed by atoms with Crippen LogP contribution in [0.1, 0.15) is 0 Å². The van der Waals surface area contributed by atoms with Crippen molar-refractivity contribution in [2.24, 2.45) is 0 Å². The molecule has 2 heterocycles. The number of fused-ring (bicyclic) bond motifs is 1. The lowest BCUT2D eigenvalue weighted by molar-refractivity contribution is -0.121. The number of nitrogens with zero attached hydrogens (tertiary/aromatic N) is 3. The first-order valence-electron chi connectivity index (χ1n) is 6.15. The maximum absolute atomic E-state index is 12.0. The lowest BCUT2D eigenvalue weighted by atomic mass is 10.2. The number of ether oxygens (including phenoxy) is 1. The van der Waals surface area contributed by atoms with Gasteiger partial charge in [-0.05, 0) is 24.3 Å². The number of hydrogen-bond donors (Lipinski definition) is 1. The fraction of sp³-hybridized carbons (Fsp3) is 0.231. The van der Waals surface area contributed by atoms with E-state index in [1.54, 1.807) is 21.8 Å². The van der Waals surface area contributed by atoms with E-state index in [0.717, 1.165) is 10.2 Å². The second-order valence-corrected chi connectivity index (χ2v) is 5.37. The van der Waals surface area contributed by atoms with Crippen molar-refractivity contribution in [3.05, 3.63) is 34.9 Å². The normalized spacial score (nSPS) is 14.1. The zero-order valence-corrected chi connectivity index (χ0v) is 12.2. The highest BCUT2D eigenvalue weighted by atomic mass is 79.9. The number of halogens is 1. The van der Waals surface area contributed by atoms with E-state index in [0.29, 0.717) is 24.7 Å². The van der Waals surface area contributed by atoms with E-state index < -0.39 is 0 Å². The third-order valence-corrected chi connectivity index (χ3v) is 3.57. The molecule has 1 aliphatic rings. The van der Waals surface area contributed by atoms with Crippen molar-refractivity contribution >= 4 is 33.3 Å². The summed E-state index contributed by atoms with van der Waals surface area (Å²) in [6, 6.07) is 7.35. The number of anilines is 2. The first-order chi connectivity index (χ1) is 9.63. The van der Waals surface area contributed by atoms with Gasteiger partial charge in [-0.2, -0.15) is 5.10 Å². The van der Waals surface area contributed by atoms with Crippen LogP contribution >= 0.6 is 15.9 Å². The molecule has 2 N–H and O–H groups in total. The first-order valence-corrected chi connectivity index (χ1v) is 6.94. The van der Waals surface area contributed by atoms with E-state index >= 15 is 0 Å². The Morgan fingerprint density at radius 2 is 2.20 bits per heavy atom. The molecule has 1 aliphatic heterocycles. The van der Waals surface area contributed by atoms with Gasteiger partial charge in [-0.3, -0.25) is 9.48 Å². The molecule has 0 unspecified atom stereocenters. The van der Waals surface area contributed by atoms with Gasteiger partial charge in [-0.25, -0.2) is 0 Å². The summed E-state index contributed by atoms with van der Waals surface area (Å²) in [5.41, 5.74) is 6.35. The Bertz CT molecular complexity index is 656. The minimum absolute atomic E-state index is 0.0595. The van der Waals surface area contributed by atoms with Crippen molar-refractivity contribution in [3.8, 4) is 5.75 Å². The van der Waals surface area contributed by atoms with Crippen LogP contribution in [0.3, 0.4) is 0 Å². The second kappa shape index (κ2) is 5.16. The summed E-state index contributed by atoms with van der Waals surface area (Å²) in [5.74, 6) is 1.13. The quantitative estimate of drug-likeness (QED) is 0.924. The van der Waals surface area contributed by atoms with Crippen molar-refractivity contribution in [2.75, 3.05) is 23.8 Å². The standard InChI is InChI=1S/C13H13BrN4O2/c14-9-1-2-11-10(7-9)18(13(19)8-20-11)6-5-17-4-3-12(15)16-17/h1-4,7H,5-6,8H2,(H2,15,16). The van der Waals surface area contributed by atoms with Gasteiger partial charge in [0.2, 0.25) is 0 Å². The van der Waals surface area contributed by atoms with Crippen LogP contribution in [0.15, 0.2) is 34.9 Å². The lowest BCUT2D eigenvalue weighted by Gasteiger charge is -2.29. The van der Waals surface area contributed by atoms with E-state index in [2.05, 4.69) is 21.0 Å². The fourth-order valence-corrected chi connectivity index (χ4v) is 2.47. The Morgan fingerprint density at radius 1 is 1.35 bits per heavy atom. The third kappa shape index (κ3) is 2.49. The number of nitrogen functional groups attached to an aromatic ring is 1. The minimum atomic E-state index is -0.0595. The molecule has 0 saturated carbocycles. The van der Waals surface area contributed by atoms with E-state index in [9.17, 15) is 4.79 Å². The zero-order chi connectivity index (χ0) is 14.1. The van der Waals surface area contributed by atoms with Gasteiger partial charge >= 0.3 is 0 Å². The number of carbonyl (C=O) groups is 1. The van der Waals surface area contributed by atoms with Crippen LogP contribution in [0, 0.1) is 0 Å². The van der Waals surface area contributed by atoms with Crippen LogP contribution in [0.4, 0.5) is 11.5 Å². The van der Waals surface area contributed by atoms with Crippen LogP contribution in [0.25, 0.3) is 0 Å². The molecule has 0 fully saturated rings. The number of amides is 1. The highest BCUT2D eigenvalue weighted by molar-refractivity contribution is 9.10. The molecule has 0 saturated heterocycles. The average Bonchev–Trinajstić information content (AvgIpc) is 2.83. The highest BCUT2D eigenvalue weighted by Gasteiger charge is 2.25. The fourth-order valence-electron chi connectivity index (χ4n) is 2.12. The molecule has 0 aliphatic carbocycles. The monoisotopic (exact) mass is 336 g/mol. The van der Waals surface area contributed by atoms with Gasteiger partial charge in [0.15, 0.2) is 6.61 Å². The predicted molar refractivity (Wildman–Crippen MR) is 78.6 cm³/mol. The Hall–Kier alpha value is -2.02. The number of benzene rings is 1. The number of nitrogens with two attached hydrogens (primary N) is 1. The number of hydrogen-bond acceptors (Lipinski definition) is 4. The average molecular weight is 337 g/mol. The molecule has 0 radical (unpaired) electrons. The molecular weight excluding hydrogens is 324 g/mol. The number of aromatic nitrogens is 2. The van der Waals surface area contributed by atoms with Gasteiger partial charge in [0.1, 0.15) is 11.6 Å². The molecular formula is C13H13BrN4O2. The summed E-state index contributed by atoms with van der Waals surface area (Å²) in [6.45, 7) is 1.16. The molecule has 0 bridgehead atoms. The van der Waals surface area contributed by atoms with E-state index in [4.69, 9.17) is 10.5 Å². The molecule has 1 amide bonds. The van der Waals surface area contributed by atoms with Crippen LogP contribution in [0.2, 0.25) is 0 Å². The molecule has 6 nitrogen and oxygen atoms in total. The Kier molecular flexibility index (Phi) is 3.35. The van der Waals surface area contributed by atoms with E-state index in [-0.39, 0.29) is 12.5 Å². The number of rotatable bonds is 3. The summed E-state index contributed by atoms with van der Waals surface area (Å²) in [5, 5.41) is 4.11. The maximum Gasteiger partial charge on any atom is 0.265 e. The molecule has 0 spiro atoms. The molecule has 7 heteroatoms. The maximum atomic E-state index is 12.0. The molecule has 104 valence electrons. The SMILES string of the molecule is Nc1ccn(CCN2C(=O)COc3ccc(Br)cc32)n1. The lowest BCUT2D eigenvalue weighted by Crippen LogP contribution is -2.40. The number of carbonyl (C=O) groups excluding carboxylic acids is 1. The topological polar surface area (TPSA) is 73.4 Å². The van der Waals surface area contributed by atoms with Crippen LogP contribution < -0.4 is 15.4 Å². The van der Waals surface area contributed by atoms with Gasteiger partial charge in [0, 0.05) is 17.2 Å². The Labute approximate surface area is 124 Å².